The van der Waals surface area contributed by atoms with E-state index in [1.54, 1.807) is 0 Å². The number of likely N-dealkylation sites (N-methyl/N-ethyl adjacent to an activating group) is 1. The first-order valence-corrected chi connectivity index (χ1v) is 11.4. The molecule has 0 radical (unpaired) electrons. The molecular formula is C28H26N2O3. The van der Waals surface area contributed by atoms with Gasteiger partial charge in [0.1, 0.15) is 16.7 Å². The minimum Gasteiger partial charge on any atom is -0.426 e. The summed E-state index contributed by atoms with van der Waals surface area (Å²) < 4.78 is 6.07. The predicted octanol–water partition coefficient (Wildman–Crippen LogP) is 4.33. The minimum absolute atomic E-state index is 0.157. The normalized spacial score (nSPS) is 28.0. The molecule has 0 unspecified atom stereocenters. The van der Waals surface area contributed by atoms with Crippen molar-refractivity contribution >= 4 is 17.6 Å². The molecule has 2 spiro atoms. The maximum atomic E-state index is 14.2. The Morgan fingerprint density at radius 2 is 1.76 bits per heavy atom. The van der Waals surface area contributed by atoms with E-state index in [4.69, 9.17) is 4.74 Å². The standard InChI is InChI=1S/C28H26N2O3/c1-17-12-13-24-19(14-17)15-27(26(32)33-24)22(20-9-5-4-8-18(20)2)16-30(3)28(27)21-10-6-7-11-23(21)29-25(28)31/h4-14,22H,15-16H2,1-3H3,(H,29,31)/t22-,27+,28+/m0/s1. The summed E-state index contributed by atoms with van der Waals surface area (Å²) in [6, 6.07) is 21.8. The van der Waals surface area contributed by atoms with Crippen LogP contribution >= 0.6 is 0 Å². The van der Waals surface area contributed by atoms with Crippen LogP contribution in [0.2, 0.25) is 0 Å². The van der Waals surface area contributed by atoms with Crippen molar-refractivity contribution in [1.82, 2.24) is 4.90 Å². The molecule has 1 N–H and O–H groups in total. The number of nitrogens with one attached hydrogen (secondary N) is 1. The van der Waals surface area contributed by atoms with E-state index in [2.05, 4.69) is 35.3 Å². The largest absolute Gasteiger partial charge is 0.426 e. The van der Waals surface area contributed by atoms with Crippen molar-refractivity contribution in [2.24, 2.45) is 5.41 Å². The number of rotatable bonds is 1. The maximum absolute atomic E-state index is 14.2. The number of hydrogen-bond donors (Lipinski definition) is 1. The zero-order chi connectivity index (χ0) is 23.0. The van der Waals surface area contributed by atoms with E-state index in [0.29, 0.717) is 18.7 Å². The second-order valence-corrected chi connectivity index (χ2v) is 9.65. The van der Waals surface area contributed by atoms with E-state index in [-0.39, 0.29) is 17.8 Å². The number of amides is 1. The lowest BCUT2D eigenvalue weighted by Crippen LogP contribution is -2.61. The van der Waals surface area contributed by atoms with Gasteiger partial charge < -0.3 is 10.1 Å². The molecule has 5 heteroatoms. The number of anilines is 1. The van der Waals surface area contributed by atoms with E-state index in [9.17, 15) is 9.59 Å². The summed E-state index contributed by atoms with van der Waals surface area (Å²) in [5, 5.41) is 3.09. The van der Waals surface area contributed by atoms with Crippen LogP contribution in [-0.2, 0) is 21.5 Å². The molecule has 0 saturated carbocycles. The lowest BCUT2D eigenvalue weighted by molar-refractivity contribution is -0.160. The summed E-state index contributed by atoms with van der Waals surface area (Å²) in [6.07, 6.45) is 0.438. The molecule has 166 valence electrons. The highest BCUT2D eigenvalue weighted by atomic mass is 16.5. The van der Waals surface area contributed by atoms with Crippen molar-refractivity contribution in [3.8, 4) is 5.75 Å². The van der Waals surface area contributed by atoms with Gasteiger partial charge >= 0.3 is 5.97 Å². The topological polar surface area (TPSA) is 58.6 Å². The Morgan fingerprint density at radius 3 is 2.58 bits per heavy atom. The molecule has 3 heterocycles. The number of hydrogen-bond acceptors (Lipinski definition) is 4. The zero-order valence-corrected chi connectivity index (χ0v) is 19.0. The number of nitrogens with zero attached hydrogens (tertiary/aromatic N) is 1. The number of carbonyl (C=O) groups excluding carboxylic acids is 2. The first-order valence-electron chi connectivity index (χ1n) is 11.4. The highest BCUT2D eigenvalue weighted by molar-refractivity contribution is 6.10. The summed E-state index contributed by atoms with van der Waals surface area (Å²) in [4.78, 5) is 30.2. The van der Waals surface area contributed by atoms with Gasteiger partial charge in [0.05, 0.1) is 0 Å². The van der Waals surface area contributed by atoms with Crippen LogP contribution in [0.25, 0.3) is 0 Å². The van der Waals surface area contributed by atoms with Crippen LogP contribution in [0.1, 0.15) is 33.7 Å². The van der Waals surface area contributed by atoms with Crippen molar-refractivity contribution < 1.29 is 14.3 Å². The van der Waals surface area contributed by atoms with E-state index < -0.39 is 11.0 Å². The number of fused-ring (bicyclic) bond motifs is 4. The average Bonchev–Trinajstić information content (AvgIpc) is 3.24. The molecule has 1 amide bonds. The molecule has 5 nitrogen and oxygen atoms in total. The smallest absolute Gasteiger partial charge is 0.321 e. The van der Waals surface area contributed by atoms with Crippen LogP contribution in [0.3, 0.4) is 0 Å². The third-order valence-electron chi connectivity index (χ3n) is 7.98. The lowest BCUT2D eigenvalue weighted by Gasteiger charge is -2.47. The van der Waals surface area contributed by atoms with Crippen LogP contribution in [-0.4, -0.2) is 30.4 Å². The Labute approximate surface area is 193 Å². The third kappa shape index (κ3) is 2.40. The number of ether oxygens (including phenoxy) is 1. The second-order valence-electron chi connectivity index (χ2n) is 9.65. The van der Waals surface area contributed by atoms with Gasteiger partial charge in [0.25, 0.3) is 5.91 Å². The molecule has 33 heavy (non-hydrogen) atoms. The van der Waals surface area contributed by atoms with Gasteiger partial charge in [0.2, 0.25) is 0 Å². The number of para-hydroxylation sites is 1. The Balaban J connectivity index is 1.69. The Bertz CT molecular complexity index is 1330. The molecule has 3 aliphatic rings. The van der Waals surface area contributed by atoms with E-state index in [1.165, 1.54) is 0 Å². The molecule has 6 rings (SSSR count). The minimum atomic E-state index is -1.16. The Morgan fingerprint density at radius 1 is 1.00 bits per heavy atom. The van der Waals surface area contributed by atoms with Gasteiger partial charge in [-0.05, 0) is 56.1 Å². The van der Waals surface area contributed by atoms with Gasteiger partial charge in [0, 0.05) is 23.7 Å². The summed E-state index contributed by atoms with van der Waals surface area (Å²) in [5.74, 6) is -0.100. The zero-order valence-electron chi connectivity index (χ0n) is 19.0. The molecule has 3 aromatic carbocycles. The van der Waals surface area contributed by atoms with Gasteiger partial charge in [-0.1, -0.05) is 60.2 Å². The monoisotopic (exact) mass is 438 g/mol. The van der Waals surface area contributed by atoms with Crippen LogP contribution in [0.15, 0.2) is 66.7 Å². The summed E-state index contributed by atoms with van der Waals surface area (Å²) in [5.41, 5.74) is 3.63. The fraction of sp³-hybridized carbons (Fsp3) is 0.286. The molecule has 0 bridgehead atoms. The maximum Gasteiger partial charge on any atom is 0.321 e. The van der Waals surface area contributed by atoms with Crippen LogP contribution in [0, 0.1) is 19.3 Å². The van der Waals surface area contributed by atoms with Crippen molar-refractivity contribution in [1.29, 1.82) is 0 Å². The summed E-state index contributed by atoms with van der Waals surface area (Å²) in [7, 11) is 1.96. The van der Waals surface area contributed by atoms with Crippen molar-refractivity contribution in [2.75, 3.05) is 18.9 Å². The van der Waals surface area contributed by atoms with Crippen LogP contribution in [0.4, 0.5) is 5.69 Å². The number of esters is 1. The molecule has 0 aliphatic carbocycles. The molecular weight excluding hydrogens is 412 g/mol. The molecule has 3 aliphatic heterocycles. The first kappa shape index (κ1) is 20.2. The number of carbonyl (C=O) groups is 2. The van der Waals surface area contributed by atoms with Gasteiger partial charge in [-0.15, -0.1) is 0 Å². The second kappa shape index (κ2) is 6.78. The van der Waals surface area contributed by atoms with E-state index in [1.807, 2.05) is 62.5 Å². The third-order valence-corrected chi connectivity index (χ3v) is 7.98. The first-order chi connectivity index (χ1) is 15.9. The molecule has 3 atom stereocenters. The summed E-state index contributed by atoms with van der Waals surface area (Å²) >= 11 is 0. The van der Waals surface area contributed by atoms with Crippen LogP contribution < -0.4 is 10.1 Å². The number of benzene rings is 3. The van der Waals surface area contributed by atoms with E-state index in [0.717, 1.165) is 33.5 Å². The molecule has 1 fully saturated rings. The fourth-order valence-corrected chi connectivity index (χ4v) is 6.62. The molecule has 1 saturated heterocycles. The van der Waals surface area contributed by atoms with Crippen molar-refractivity contribution in [3.05, 3.63) is 94.5 Å². The van der Waals surface area contributed by atoms with Gasteiger partial charge in [-0.3, -0.25) is 14.5 Å². The van der Waals surface area contributed by atoms with Crippen molar-refractivity contribution in [3.63, 3.8) is 0 Å². The fourth-order valence-electron chi connectivity index (χ4n) is 6.62. The number of likely N-dealkylation sites (tertiary alicyclic amines) is 1. The SMILES string of the molecule is Cc1ccc2c(c1)C[C@]1(C(=O)O2)[C@H](c2ccccc2C)CN(C)[C@]12C(=O)Nc1ccccc12. The highest BCUT2D eigenvalue weighted by Gasteiger charge is 2.75. The summed E-state index contributed by atoms with van der Waals surface area (Å²) in [6.45, 7) is 4.68. The molecule has 3 aromatic rings. The number of aryl methyl sites for hydroxylation is 2. The van der Waals surface area contributed by atoms with Gasteiger partial charge in [0.15, 0.2) is 0 Å². The Hall–Kier alpha value is -3.44. The quantitative estimate of drug-likeness (QED) is 0.454. The highest BCUT2D eigenvalue weighted by Crippen LogP contribution is 2.65. The van der Waals surface area contributed by atoms with Crippen LogP contribution in [0.5, 0.6) is 5.75 Å². The molecule has 0 aromatic heterocycles. The van der Waals surface area contributed by atoms with Gasteiger partial charge in [-0.25, -0.2) is 0 Å². The van der Waals surface area contributed by atoms with Gasteiger partial charge in [-0.2, -0.15) is 0 Å². The van der Waals surface area contributed by atoms with E-state index >= 15 is 0 Å². The Kier molecular flexibility index (Phi) is 4.15. The lowest BCUT2D eigenvalue weighted by atomic mass is 9.57. The van der Waals surface area contributed by atoms with Crippen molar-refractivity contribution in [2.45, 2.75) is 31.7 Å². The average molecular weight is 439 g/mol. The predicted molar refractivity (Wildman–Crippen MR) is 126 cm³/mol.